The molecule has 7 aromatic carbocycles. The summed E-state index contributed by atoms with van der Waals surface area (Å²) >= 11 is 0. The van der Waals surface area contributed by atoms with Crippen LogP contribution in [-0.4, -0.2) is 9.13 Å². The van der Waals surface area contributed by atoms with Crippen molar-refractivity contribution in [3.05, 3.63) is 168 Å². The van der Waals surface area contributed by atoms with Crippen LogP contribution in [0.4, 0.5) is 0 Å². The molecule has 9 rings (SSSR count). The van der Waals surface area contributed by atoms with Gasteiger partial charge in [-0.2, -0.15) is 15.8 Å². The van der Waals surface area contributed by atoms with Crippen molar-refractivity contribution in [1.29, 1.82) is 15.8 Å². The van der Waals surface area contributed by atoms with Crippen molar-refractivity contribution in [2.75, 3.05) is 0 Å². The Hall–Kier alpha value is -7.39. The lowest BCUT2D eigenvalue weighted by Crippen LogP contribution is -2.00. The lowest BCUT2D eigenvalue weighted by molar-refractivity contribution is 1.16. The van der Waals surface area contributed by atoms with Gasteiger partial charge in [0, 0.05) is 32.8 Å². The quantitative estimate of drug-likeness (QED) is 0.193. The van der Waals surface area contributed by atoms with E-state index in [1.807, 2.05) is 97.1 Å². The minimum atomic E-state index is 0.554. The largest absolute Gasteiger partial charge is 0.309 e. The molecule has 0 fully saturated rings. The van der Waals surface area contributed by atoms with Gasteiger partial charge < -0.3 is 9.13 Å². The molecule has 0 atom stereocenters. The molecule has 0 N–H and O–H groups in total. The first kappa shape index (κ1) is 28.8. The topological polar surface area (TPSA) is 81.2 Å². The Labute approximate surface area is 287 Å². The second-order valence-electron chi connectivity index (χ2n) is 12.3. The highest BCUT2D eigenvalue weighted by atomic mass is 15.0. The molecule has 0 unspecified atom stereocenters. The maximum absolute atomic E-state index is 10.9. The van der Waals surface area contributed by atoms with Gasteiger partial charge in [0.1, 0.15) is 6.07 Å². The summed E-state index contributed by atoms with van der Waals surface area (Å²) in [5.41, 5.74) is 11.1. The van der Waals surface area contributed by atoms with Crippen LogP contribution in [0.3, 0.4) is 0 Å². The lowest BCUT2D eigenvalue weighted by Gasteiger charge is -2.17. The molecule has 0 bridgehead atoms. The van der Waals surface area contributed by atoms with Crippen molar-refractivity contribution in [3.8, 4) is 51.8 Å². The normalized spacial score (nSPS) is 11.1. The monoisotopic (exact) mass is 635 g/mol. The Morgan fingerprint density at radius 2 is 0.940 bits per heavy atom. The molecule has 2 aromatic heterocycles. The summed E-state index contributed by atoms with van der Waals surface area (Å²) in [7, 11) is 0. The zero-order valence-corrected chi connectivity index (χ0v) is 26.7. The smallest absolute Gasteiger partial charge is 0.102 e. The van der Waals surface area contributed by atoms with Gasteiger partial charge in [-0.1, -0.05) is 78.9 Å². The van der Waals surface area contributed by atoms with Gasteiger partial charge in [0.25, 0.3) is 0 Å². The number of nitrogens with zero attached hydrogens (tertiary/aromatic N) is 5. The Morgan fingerprint density at radius 1 is 0.380 bits per heavy atom. The summed E-state index contributed by atoms with van der Waals surface area (Å²) in [6, 6.07) is 57.9. The molecule has 2 heterocycles. The molecule has 230 valence electrons. The molecule has 50 heavy (non-hydrogen) atoms. The molecular formula is C45H25N5. The summed E-state index contributed by atoms with van der Waals surface area (Å²) in [5.74, 6) is 0. The molecule has 0 aliphatic rings. The molecule has 5 nitrogen and oxygen atoms in total. The van der Waals surface area contributed by atoms with Gasteiger partial charge >= 0.3 is 0 Å². The van der Waals surface area contributed by atoms with Crippen molar-refractivity contribution < 1.29 is 0 Å². The Balaban J connectivity index is 1.35. The van der Waals surface area contributed by atoms with Crippen molar-refractivity contribution >= 4 is 43.6 Å². The Bertz CT molecular complexity index is 2830. The highest BCUT2D eigenvalue weighted by molar-refractivity contribution is 6.11. The summed E-state index contributed by atoms with van der Waals surface area (Å²) in [4.78, 5) is 0. The van der Waals surface area contributed by atoms with Gasteiger partial charge in [0.15, 0.2) is 0 Å². The van der Waals surface area contributed by atoms with Crippen LogP contribution < -0.4 is 0 Å². The maximum Gasteiger partial charge on any atom is 0.102 e. The van der Waals surface area contributed by atoms with Crippen LogP contribution in [0.15, 0.2) is 152 Å². The summed E-state index contributed by atoms with van der Waals surface area (Å²) in [6.07, 6.45) is 0. The van der Waals surface area contributed by atoms with Gasteiger partial charge in [-0.05, 0) is 89.5 Å². The summed E-state index contributed by atoms with van der Waals surface area (Å²) in [6.45, 7) is 0. The van der Waals surface area contributed by atoms with Crippen LogP contribution in [0.25, 0.3) is 77.2 Å². The van der Waals surface area contributed by atoms with Gasteiger partial charge in [-0.25, -0.2) is 0 Å². The van der Waals surface area contributed by atoms with E-state index >= 15 is 0 Å². The molecule has 9 aromatic rings. The fourth-order valence-electron chi connectivity index (χ4n) is 7.40. The average molecular weight is 636 g/mol. The van der Waals surface area contributed by atoms with Crippen molar-refractivity contribution in [2.24, 2.45) is 0 Å². The predicted molar refractivity (Wildman–Crippen MR) is 200 cm³/mol. The van der Waals surface area contributed by atoms with E-state index in [-0.39, 0.29) is 0 Å². The molecule has 0 aliphatic heterocycles. The SMILES string of the molecule is N#Cc1ccc2c(c1)c1cc(C#N)ccc1n2-c1cc(-c2ccccc2)cc(-c2cccc(-n3c4ccccc4c4ccccc43)c2C#N)c1. The molecular weight excluding hydrogens is 611 g/mol. The van der Waals surface area contributed by atoms with Crippen LogP contribution in [0.2, 0.25) is 0 Å². The van der Waals surface area contributed by atoms with Gasteiger partial charge in [-0.15, -0.1) is 0 Å². The number of nitriles is 3. The van der Waals surface area contributed by atoms with Crippen molar-refractivity contribution in [1.82, 2.24) is 9.13 Å². The highest BCUT2D eigenvalue weighted by Gasteiger charge is 2.20. The van der Waals surface area contributed by atoms with Crippen LogP contribution in [0, 0.1) is 34.0 Å². The number of rotatable bonds is 4. The average Bonchev–Trinajstić information content (AvgIpc) is 3.69. The molecule has 0 amide bonds. The van der Waals surface area contributed by atoms with Gasteiger partial charge in [0.05, 0.1) is 56.6 Å². The van der Waals surface area contributed by atoms with E-state index in [1.54, 1.807) is 0 Å². The van der Waals surface area contributed by atoms with Crippen molar-refractivity contribution in [2.45, 2.75) is 0 Å². The molecule has 0 radical (unpaired) electrons. The van der Waals surface area contributed by atoms with E-state index in [9.17, 15) is 15.8 Å². The minimum Gasteiger partial charge on any atom is -0.309 e. The Morgan fingerprint density at radius 3 is 1.54 bits per heavy atom. The van der Waals surface area contributed by atoms with E-state index in [1.165, 1.54) is 0 Å². The number of hydrogen-bond acceptors (Lipinski definition) is 3. The fourth-order valence-corrected chi connectivity index (χ4v) is 7.40. The van der Waals surface area contributed by atoms with E-state index in [0.717, 1.165) is 77.2 Å². The minimum absolute atomic E-state index is 0.554. The highest BCUT2D eigenvalue weighted by Crippen LogP contribution is 2.40. The predicted octanol–water partition coefficient (Wildman–Crippen LogP) is 10.8. The summed E-state index contributed by atoms with van der Waals surface area (Å²) in [5, 5.41) is 34.4. The molecule has 0 spiro atoms. The number of benzene rings is 7. The number of para-hydroxylation sites is 2. The molecule has 0 saturated carbocycles. The maximum atomic E-state index is 10.9. The fraction of sp³-hybridized carbons (Fsp3) is 0. The first-order valence-corrected chi connectivity index (χ1v) is 16.3. The van der Waals surface area contributed by atoms with Crippen LogP contribution in [-0.2, 0) is 0 Å². The van der Waals surface area contributed by atoms with E-state index in [0.29, 0.717) is 16.7 Å². The van der Waals surface area contributed by atoms with Crippen LogP contribution >= 0.6 is 0 Å². The zero-order valence-electron chi connectivity index (χ0n) is 26.7. The van der Waals surface area contributed by atoms with Crippen molar-refractivity contribution in [3.63, 3.8) is 0 Å². The van der Waals surface area contributed by atoms with Gasteiger partial charge in [0.2, 0.25) is 0 Å². The third-order valence-electron chi connectivity index (χ3n) is 9.59. The zero-order chi connectivity index (χ0) is 33.8. The van der Waals surface area contributed by atoms with E-state index in [2.05, 4.69) is 81.9 Å². The second kappa shape index (κ2) is 11.4. The number of aromatic nitrogens is 2. The van der Waals surface area contributed by atoms with E-state index in [4.69, 9.17) is 0 Å². The Kier molecular flexibility index (Phi) is 6.56. The standard InChI is InChI=1S/C45H25N5/c46-26-29-17-19-44-38(21-29)39-22-30(27-47)18-20-45(39)49(44)34-24-32(31-9-2-1-3-10-31)23-33(25-34)35-13-8-16-43(40(35)28-48)50-41-14-6-4-11-36(41)37-12-5-7-15-42(37)50/h1-25H. The lowest BCUT2D eigenvalue weighted by atomic mass is 9.94. The van der Waals surface area contributed by atoms with E-state index < -0.39 is 0 Å². The van der Waals surface area contributed by atoms with Gasteiger partial charge in [-0.3, -0.25) is 0 Å². The van der Waals surface area contributed by atoms with Crippen LogP contribution in [0.5, 0.6) is 0 Å². The molecule has 0 aliphatic carbocycles. The number of hydrogen-bond donors (Lipinski definition) is 0. The van der Waals surface area contributed by atoms with Crippen LogP contribution in [0.1, 0.15) is 16.7 Å². The third-order valence-corrected chi connectivity index (χ3v) is 9.59. The first-order chi connectivity index (χ1) is 24.7. The molecule has 5 heteroatoms. The molecule has 0 saturated heterocycles. The third kappa shape index (κ3) is 4.38. The summed E-state index contributed by atoms with van der Waals surface area (Å²) < 4.78 is 4.38. The first-order valence-electron chi connectivity index (χ1n) is 16.3. The number of fused-ring (bicyclic) bond motifs is 6. The second-order valence-corrected chi connectivity index (χ2v) is 12.3.